The number of amides is 1. The van der Waals surface area contributed by atoms with Crippen molar-refractivity contribution in [2.75, 3.05) is 13.1 Å². The molecule has 1 aromatic heterocycles. The molecule has 0 aliphatic heterocycles. The number of carbonyl (C=O) groups excluding carboxylic acids is 1. The van der Waals surface area contributed by atoms with Crippen molar-refractivity contribution >= 4 is 17.5 Å². The molecular weight excluding hydrogens is 334 g/mol. The topological polar surface area (TPSA) is 38.1 Å². The van der Waals surface area contributed by atoms with Crippen molar-refractivity contribution < 1.29 is 4.79 Å². The molecule has 0 spiro atoms. The van der Waals surface area contributed by atoms with E-state index < -0.39 is 0 Å². The molecule has 2 aromatic carbocycles. The smallest absolute Gasteiger partial charge is 0.272 e. The summed E-state index contributed by atoms with van der Waals surface area (Å²) in [6, 6.07) is 19.0. The van der Waals surface area contributed by atoms with Crippen LogP contribution in [-0.2, 0) is 0 Å². The Balaban J connectivity index is 2.16. The summed E-state index contributed by atoms with van der Waals surface area (Å²) in [6.45, 7) is 5.24. The lowest BCUT2D eigenvalue weighted by Gasteiger charge is -2.19. The van der Waals surface area contributed by atoms with E-state index in [9.17, 15) is 4.79 Å². The Morgan fingerprint density at radius 2 is 1.68 bits per heavy atom. The number of rotatable bonds is 5. The van der Waals surface area contributed by atoms with Crippen molar-refractivity contribution in [3.8, 4) is 16.9 Å². The Morgan fingerprint density at radius 3 is 2.32 bits per heavy atom. The molecule has 0 bridgehead atoms. The molecule has 0 saturated carbocycles. The van der Waals surface area contributed by atoms with Crippen LogP contribution >= 0.6 is 11.6 Å². The zero-order chi connectivity index (χ0) is 17.8. The van der Waals surface area contributed by atoms with Gasteiger partial charge in [-0.25, -0.2) is 4.68 Å². The van der Waals surface area contributed by atoms with Crippen molar-refractivity contribution in [3.05, 3.63) is 71.4 Å². The maximum absolute atomic E-state index is 13.0. The minimum atomic E-state index is -0.0420. The standard InChI is InChI=1S/C20H20ClN3O/c1-3-23(4-2)20(25)19-14-18(16-12-8-9-13-17(16)21)22-24(19)15-10-6-5-7-11-15/h5-14H,3-4H2,1-2H3. The third-order valence-electron chi connectivity index (χ3n) is 4.13. The van der Waals surface area contributed by atoms with Crippen molar-refractivity contribution in [1.29, 1.82) is 0 Å². The summed E-state index contributed by atoms with van der Waals surface area (Å²) in [5.41, 5.74) is 2.87. The first-order valence-corrected chi connectivity index (χ1v) is 8.73. The van der Waals surface area contributed by atoms with Crippen LogP contribution in [0, 0.1) is 0 Å². The number of hydrogen-bond acceptors (Lipinski definition) is 2. The molecule has 3 rings (SSSR count). The van der Waals surface area contributed by atoms with Gasteiger partial charge >= 0.3 is 0 Å². The highest BCUT2D eigenvalue weighted by atomic mass is 35.5. The molecule has 25 heavy (non-hydrogen) atoms. The number of aromatic nitrogens is 2. The highest BCUT2D eigenvalue weighted by Gasteiger charge is 2.21. The quantitative estimate of drug-likeness (QED) is 0.668. The fraction of sp³-hybridized carbons (Fsp3) is 0.200. The summed E-state index contributed by atoms with van der Waals surface area (Å²) in [7, 11) is 0. The van der Waals surface area contributed by atoms with Crippen LogP contribution in [0.3, 0.4) is 0 Å². The molecule has 0 aliphatic carbocycles. The van der Waals surface area contributed by atoms with Gasteiger partial charge in [0.25, 0.3) is 5.91 Å². The summed E-state index contributed by atoms with van der Waals surface area (Å²) in [5, 5.41) is 5.28. The highest BCUT2D eigenvalue weighted by Crippen LogP contribution is 2.28. The molecule has 0 atom stereocenters. The SMILES string of the molecule is CCN(CC)C(=O)c1cc(-c2ccccc2Cl)nn1-c1ccccc1. The van der Waals surface area contributed by atoms with Gasteiger partial charge in [-0.3, -0.25) is 4.79 Å². The molecular formula is C20H20ClN3O. The summed E-state index contributed by atoms with van der Waals surface area (Å²) in [5.74, 6) is -0.0420. The predicted molar refractivity (Wildman–Crippen MR) is 101 cm³/mol. The molecule has 3 aromatic rings. The molecule has 1 heterocycles. The van der Waals surface area contributed by atoms with Gasteiger partial charge in [-0.2, -0.15) is 5.10 Å². The third-order valence-corrected chi connectivity index (χ3v) is 4.46. The van der Waals surface area contributed by atoms with E-state index in [-0.39, 0.29) is 5.91 Å². The van der Waals surface area contributed by atoms with Crippen LogP contribution in [0.1, 0.15) is 24.3 Å². The van der Waals surface area contributed by atoms with Crippen LogP contribution in [0.4, 0.5) is 0 Å². The number of carbonyl (C=O) groups is 1. The van der Waals surface area contributed by atoms with E-state index in [2.05, 4.69) is 5.10 Å². The highest BCUT2D eigenvalue weighted by molar-refractivity contribution is 6.33. The largest absolute Gasteiger partial charge is 0.338 e. The number of para-hydroxylation sites is 1. The maximum Gasteiger partial charge on any atom is 0.272 e. The fourth-order valence-corrected chi connectivity index (χ4v) is 3.01. The van der Waals surface area contributed by atoms with Crippen LogP contribution in [-0.4, -0.2) is 33.7 Å². The molecule has 0 N–H and O–H groups in total. The first-order chi connectivity index (χ1) is 12.2. The molecule has 4 nitrogen and oxygen atoms in total. The number of benzene rings is 2. The lowest BCUT2D eigenvalue weighted by atomic mass is 10.1. The van der Waals surface area contributed by atoms with Crippen LogP contribution in [0.5, 0.6) is 0 Å². The molecule has 1 amide bonds. The van der Waals surface area contributed by atoms with Gasteiger partial charge in [-0.1, -0.05) is 48.0 Å². The molecule has 0 fully saturated rings. The lowest BCUT2D eigenvalue weighted by molar-refractivity contribution is 0.0764. The number of halogens is 1. The zero-order valence-electron chi connectivity index (χ0n) is 14.3. The molecule has 128 valence electrons. The van der Waals surface area contributed by atoms with Gasteiger partial charge in [0.2, 0.25) is 0 Å². The van der Waals surface area contributed by atoms with Gasteiger partial charge in [0, 0.05) is 18.7 Å². The molecule has 5 heteroatoms. The Hall–Kier alpha value is -2.59. The van der Waals surface area contributed by atoms with Crippen molar-refractivity contribution in [3.63, 3.8) is 0 Å². The predicted octanol–water partition coefficient (Wildman–Crippen LogP) is 4.67. The van der Waals surface area contributed by atoms with Gasteiger partial charge in [-0.05, 0) is 38.1 Å². The first kappa shape index (κ1) is 17.2. The van der Waals surface area contributed by atoms with Gasteiger partial charge < -0.3 is 4.90 Å². The van der Waals surface area contributed by atoms with Crippen molar-refractivity contribution in [2.24, 2.45) is 0 Å². The minimum Gasteiger partial charge on any atom is -0.338 e. The molecule has 0 aliphatic rings. The van der Waals surface area contributed by atoms with E-state index in [1.165, 1.54) is 0 Å². The summed E-state index contributed by atoms with van der Waals surface area (Å²) < 4.78 is 1.69. The van der Waals surface area contributed by atoms with Crippen LogP contribution in [0.15, 0.2) is 60.7 Å². The van der Waals surface area contributed by atoms with E-state index in [4.69, 9.17) is 11.6 Å². The summed E-state index contributed by atoms with van der Waals surface area (Å²) >= 11 is 6.32. The van der Waals surface area contributed by atoms with E-state index >= 15 is 0 Å². The third kappa shape index (κ3) is 3.44. The average Bonchev–Trinajstić information content (AvgIpc) is 3.09. The number of hydrogen-bond donors (Lipinski definition) is 0. The Morgan fingerprint density at radius 1 is 1.04 bits per heavy atom. The van der Waals surface area contributed by atoms with Gasteiger partial charge in [-0.15, -0.1) is 0 Å². The molecule has 0 saturated heterocycles. The van der Waals surface area contributed by atoms with Gasteiger partial charge in [0.05, 0.1) is 16.4 Å². The number of nitrogens with zero attached hydrogens (tertiary/aromatic N) is 3. The van der Waals surface area contributed by atoms with E-state index in [0.717, 1.165) is 11.3 Å². The Labute approximate surface area is 152 Å². The fourth-order valence-electron chi connectivity index (χ4n) is 2.77. The second-order valence-corrected chi connectivity index (χ2v) is 6.03. The van der Waals surface area contributed by atoms with Crippen molar-refractivity contribution in [2.45, 2.75) is 13.8 Å². The Kier molecular flexibility index (Phi) is 5.19. The lowest BCUT2D eigenvalue weighted by Crippen LogP contribution is -2.32. The normalized spacial score (nSPS) is 10.7. The second-order valence-electron chi connectivity index (χ2n) is 5.62. The van der Waals surface area contributed by atoms with Gasteiger partial charge in [0.15, 0.2) is 0 Å². The van der Waals surface area contributed by atoms with Gasteiger partial charge in [0.1, 0.15) is 5.69 Å². The summed E-state index contributed by atoms with van der Waals surface area (Å²) in [6.07, 6.45) is 0. The summed E-state index contributed by atoms with van der Waals surface area (Å²) in [4.78, 5) is 14.7. The van der Waals surface area contributed by atoms with Crippen molar-refractivity contribution in [1.82, 2.24) is 14.7 Å². The zero-order valence-corrected chi connectivity index (χ0v) is 15.1. The molecule has 0 radical (unpaired) electrons. The van der Waals surface area contributed by atoms with Crippen LogP contribution < -0.4 is 0 Å². The maximum atomic E-state index is 13.0. The van der Waals surface area contributed by atoms with Crippen LogP contribution in [0.25, 0.3) is 16.9 Å². The Bertz CT molecular complexity index is 870. The second kappa shape index (κ2) is 7.53. The minimum absolute atomic E-state index is 0.0420. The molecule has 0 unspecified atom stereocenters. The first-order valence-electron chi connectivity index (χ1n) is 8.35. The average molecular weight is 354 g/mol. The van der Waals surface area contributed by atoms with E-state index in [1.807, 2.05) is 74.5 Å². The monoisotopic (exact) mass is 353 g/mol. The van der Waals surface area contributed by atoms with E-state index in [0.29, 0.717) is 29.5 Å². The van der Waals surface area contributed by atoms with E-state index in [1.54, 1.807) is 9.58 Å². The van der Waals surface area contributed by atoms with Crippen LogP contribution in [0.2, 0.25) is 5.02 Å².